The summed E-state index contributed by atoms with van der Waals surface area (Å²) in [6.07, 6.45) is 1.48. The van der Waals surface area contributed by atoms with Crippen LogP contribution in [-0.2, 0) is 11.3 Å². The SMILES string of the molecule is CO[C@H]1CN(C)C(=O)c2cc(NC(=O)NC(C)C)ccc2OC[C@](C)(O)N(Cc2ccc(-c3ccccn3)cc2)C[C@@H]1C. The number of carbonyl (C=O) groups is 2. The number of carbonyl (C=O) groups excluding carboxylic acids is 2. The van der Waals surface area contributed by atoms with Crippen LogP contribution in [0, 0.1) is 5.92 Å². The molecule has 0 saturated carbocycles. The Labute approximate surface area is 254 Å². The summed E-state index contributed by atoms with van der Waals surface area (Å²) in [5, 5.41) is 17.3. The summed E-state index contributed by atoms with van der Waals surface area (Å²) >= 11 is 0. The van der Waals surface area contributed by atoms with E-state index in [1.54, 1.807) is 50.4 Å². The topological polar surface area (TPSA) is 116 Å². The van der Waals surface area contributed by atoms with Gasteiger partial charge in [-0.2, -0.15) is 0 Å². The first kappa shape index (κ1) is 31.9. The van der Waals surface area contributed by atoms with Crippen molar-refractivity contribution in [3.63, 3.8) is 0 Å². The highest BCUT2D eigenvalue weighted by Crippen LogP contribution is 2.29. The maximum Gasteiger partial charge on any atom is 0.319 e. The number of aromatic nitrogens is 1. The zero-order valence-electron chi connectivity index (χ0n) is 25.8. The molecule has 43 heavy (non-hydrogen) atoms. The monoisotopic (exact) mass is 589 g/mol. The fraction of sp³-hybridized carbons (Fsp3) is 0.424. The van der Waals surface area contributed by atoms with Gasteiger partial charge in [-0.15, -0.1) is 0 Å². The number of urea groups is 1. The number of benzene rings is 2. The number of nitrogens with one attached hydrogen (secondary N) is 2. The highest BCUT2D eigenvalue weighted by Gasteiger charge is 2.35. The Bertz CT molecular complexity index is 1380. The van der Waals surface area contributed by atoms with Crippen molar-refractivity contribution in [2.75, 3.05) is 39.2 Å². The van der Waals surface area contributed by atoms with Gasteiger partial charge in [-0.05, 0) is 62.6 Å². The number of amides is 3. The predicted molar refractivity (Wildman–Crippen MR) is 167 cm³/mol. The second-order valence-corrected chi connectivity index (χ2v) is 11.7. The molecule has 0 bridgehead atoms. The van der Waals surface area contributed by atoms with Gasteiger partial charge in [0.25, 0.3) is 5.91 Å². The summed E-state index contributed by atoms with van der Waals surface area (Å²) in [6.45, 7) is 8.71. The minimum atomic E-state index is -1.38. The van der Waals surface area contributed by atoms with E-state index in [0.717, 1.165) is 16.8 Å². The van der Waals surface area contributed by atoms with Crippen LogP contribution in [0.25, 0.3) is 11.3 Å². The van der Waals surface area contributed by atoms with E-state index in [0.29, 0.717) is 31.1 Å². The number of pyridine rings is 1. The molecule has 3 aromatic rings. The molecule has 1 aliphatic rings. The molecule has 1 aromatic heterocycles. The number of methoxy groups -OCH3 is 1. The van der Waals surface area contributed by atoms with Crippen LogP contribution in [0.15, 0.2) is 66.9 Å². The maximum absolute atomic E-state index is 13.6. The van der Waals surface area contributed by atoms with Gasteiger partial charge in [-0.1, -0.05) is 37.3 Å². The highest BCUT2D eigenvalue weighted by atomic mass is 16.5. The molecule has 0 fully saturated rings. The number of fused-ring (bicyclic) bond motifs is 1. The lowest BCUT2D eigenvalue weighted by Crippen LogP contribution is -2.53. The summed E-state index contributed by atoms with van der Waals surface area (Å²) in [4.78, 5) is 33.9. The molecule has 10 heteroatoms. The normalized spacial score (nSPS) is 21.8. The molecule has 0 radical (unpaired) electrons. The molecule has 0 unspecified atom stereocenters. The van der Waals surface area contributed by atoms with Crippen molar-refractivity contribution in [1.82, 2.24) is 20.1 Å². The Morgan fingerprint density at radius 1 is 1.16 bits per heavy atom. The summed E-state index contributed by atoms with van der Waals surface area (Å²) in [5.41, 5.74) is 2.28. The van der Waals surface area contributed by atoms with E-state index in [-0.39, 0.29) is 42.2 Å². The van der Waals surface area contributed by atoms with Gasteiger partial charge in [0.2, 0.25) is 0 Å². The van der Waals surface area contributed by atoms with Crippen molar-refractivity contribution in [2.24, 2.45) is 5.92 Å². The van der Waals surface area contributed by atoms with Crippen molar-refractivity contribution in [1.29, 1.82) is 0 Å². The quantitative estimate of drug-likeness (QED) is 0.385. The van der Waals surface area contributed by atoms with E-state index >= 15 is 0 Å². The molecule has 2 heterocycles. The molecule has 2 aromatic carbocycles. The number of hydrogen-bond acceptors (Lipinski definition) is 7. The van der Waals surface area contributed by atoms with E-state index in [1.165, 1.54) is 0 Å². The van der Waals surface area contributed by atoms with E-state index in [2.05, 4.69) is 22.5 Å². The van der Waals surface area contributed by atoms with Crippen molar-refractivity contribution in [2.45, 2.75) is 52.1 Å². The fourth-order valence-corrected chi connectivity index (χ4v) is 5.11. The third-order valence-corrected chi connectivity index (χ3v) is 7.60. The summed E-state index contributed by atoms with van der Waals surface area (Å²) in [7, 11) is 3.36. The second kappa shape index (κ2) is 14.0. The first-order valence-corrected chi connectivity index (χ1v) is 14.6. The first-order chi connectivity index (χ1) is 20.5. The molecular formula is C33H43N5O5. The Balaban J connectivity index is 1.62. The van der Waals surface area contributed by atoms with Crippen LogP contribution < -0.4 is 15.4 Å². The lowest BCUT2D eigenvalue weighted by Gasteiger charge is -2.40. The van der Waals surface area contributed by atoms with Crippen LogP contribution in [-0.4, -0.2) is 83.6 Å². The Morgan fingerprint density at radius 2 is 1.91 bits per heavy atom. The van der Waals surface area contributed by atoms with E-state index in [4.69, 9.17) is 9.47 Å². The van der Waals surface area contributed by atoms with Gasteiger partial charge in [-0.3, -0.25) is 14.7 Å². The molecule has 4 rings (SSSR count). The number of hydrogen-bond donors (Lipinski definition) is 3. The van der Waals surface area contributed by atoms with Crippen LogP contribution in [0.2, 0.25) is 0 Å². The molecule has 0 saturated heterocycles. The van der Waals surface area contributed by atoms with Crippen molar-refractivity contribution >= 4 is 17.6 Å². The summed E-state index contributed by atoms with van der Waals surface area (Å²) < 4.78 is 12.0. The summed E-state index contributed by atoms with van der Waals surface area (Å²) in [6, 6.07) is 18.5. The van der Waals surface area contributed by atoms with Gasteiger partial charge in [-0.25, -0.2) is 4.79 Å². The lowest BCUT2D eigenvalue weighted by molar-refractivity contribution is -0.134. The van der Waals surface area contributed by atoms with Gasteiger partial charge >= 0.3 is 6.03 Å². The Kier molecular flexibility index (Phi) is 10.4. The van der Waals surface area contributed by atoms with Gasteiger partial charge in [0.1, 0.15) is 18.1 Å². The third-order valence-electron chi connectivity index (χ3n) is 7.60. The third kappa shape index (κ3) is 8.31. The Morgan fingerprint density at radius 3 is 2.56 bits per heavy atom. The van der Waals surface area contributed by atoms with Crippen LogP contribution >= 0.6 is 0 Å². The van der Waals surface area contributed by atoms with E-state index in [9.17, 15) is 14.7 Å². The number of aliphatic hydroxyl groups is 1. The standard InChI is InChI=1S/C33H43N5O5/c1-22(2)35-32(40)36-26-14-15-29-27(17-26)31(39)37(5)20-30(42-6)23(3)18-38(33(4,41)21-43-29)19-24-10-12-25(13-11-24)28-9-7-8-16-34-28/h7-17,22-23,30,41H,18-21H2,1-6H3,(H2,35,36,40)/t23-,30-,33-/m0/s1. The number of nitrogens with zero attached hydrogens (tertiary/aromatic N) is 3. The van der Waals surface area contributed by atoms with Crippen molar-refractivity contribution in [3.05, 3.63) is 78.0 Å². The molecule has 10 nitrogen and oxygen atoms in total. The zero-order valence-corrected chi connectivity index (χ0v) is 25.8. The van der Waals surface area contributed by atoms with Crippen molar-refractivity contribution < 1.29 is 24.2 Å². The number of ether oxygens (including phenoxy) is 2. The number of likely N-dealkylation sites (N-methyl/N-ethyl adjacent to an activating group) is 1. The molecule has 230 valence electrons. The molecule has 0 aliphatic carbocycles. The molecular weight excluding hydrogens is 546 g/mol. The molecule has 3 amide bonds. The van der Waals surface area contributed by atoms with Crippen molar-refractivity contribution in [3.8, 4) is 17.0 Å². The molecule has 3 atom stereocenters. The second-order valence-electron chi connectivity index (χ2n) is 11.7. The number of rotatable bonds is 6. The predicted octanol–water partition coefficient (Wildman–Crippen LogP) is 4.60. The van der Waals surface area contributed by atoms with Crippen LogP contribution in [0.5, 0.6) is 5.75 Å². The first-order valence-electron chi connectivity index (χ1n) is 14.6. The molecule has 3 N–H and O–H groups in total. The van der Waals surface area contributed by atoms with Gasteiger partial charge < -0.3 is 30.1 Å². The Hall–Kier alpha value is -3.99. The van der Waals surface area contributed by atoms with E-state index in [1.807, 2.05) is 61.2 Å². The van der Waals surface area contributed by atoms with Gasteiger partial charge in [0.15, 0.2) is 0 Å². The average Bonchev–Trinajstić information content (AvgIpc) is 2.98. The minimum absolute atomic E-state index is 0.0360. The average molecular weight is 590 g/mol. The largest absolute Gasteiger partial charge is 0.488 e. The molecule has 0 spiro atoms. The van der Waals surface area contributed by atoms with Crippen LogP contribution in [0.1, 0.15) is 43.6 Å². The fourth-order valence-electron chi connectivity index (χ4n) is 5.11. The highest BCUT2D eigenvalue weighted by molar-refractivity contribution is 5.99. The zero-order chi connectivity index (χ0) is 31.1. The van der Waals surface area contributed by atoms with Gasteiger partial charge in [0, 0.05) is 57.3 Å². The van der Waals surface area contributed by atoms with Crippen LogP contribution in [0.3, 0.4) is 0 Å². The number of anilines is 1. The smallest absolute Gasteiger partial charge is 0.319 e. The van der Waals surface area contributed by atoms with Gasteiger partial charge in [0.05, 0.1) is 17.4 Å². The lowest BCUT2D eigenvalue weighted by atomic mass is 10.00. The molecule has 1 aliphatic heterocycles. The maximum atomic E-state index is 13.6. The minimum Gasteiger partial charge on any atom is -0.488 e. The van der Waals surface area contributed by atoms with Crippen LogP contribution in [0.4, 0.5) is 10.5 Å². The summed E-state index contributed by atoms with van der Waals surface area (Å²) in [5.74, 6) is 0.00238. The van der Waals surface area contributed by atoms with E-state index < -0.39 is 5.72 Å².